The van der Waals surface area contributed by atoms with Crippen molar-refractivity contribution >= 4 is 6.03 Å². The predicted octanol–water partition coefficient (Wildman–Crippen LogP) is 3.30. The number of ether oxygens (including phenoxy) is 1. The Kier molecular flexibility index (Phi) is 4.81. The molecule has 120 valence electrons. The van der Waals surface area contributed by atoms with Crippen molar-refractivity contribution in [1.82, 2.24) is 10.6 Å². The minimum atomic E-state index is -0.139. The normalized spacial score (nSPS) is 17.5. The van der Waals surface area contributed by atoms with Crippen molar-refractivity contribution in [2.45, 2.75) is 19.4 Å². The zero-order valence-corrected chi connectivity index (χ0v) is 13.3. The minimum absolute atomic E-state index is 0.0143. The SMILES string of the molecule is CC(NC(=O)NCC1COc2ccccc2C1)c1ccccc1. The summed E-state index contributed by atoms with van der Waals surface area (Å²) in [5.74, 6) is 1.27. The van der Waals surface area contributed by atoms with Crippen LogP contribution in [-0.4, -0.2) is 19.2 Å². The van der Waals surface area contributed by atoms with Gasteiger partial charge in [-0.15, -0.1) is 0 Å². The Morgan fingerprint density at radius 1 is 1.17 bits per heavy atom. The molecule has 2 unspecified atom stereocenters. The molecule has 2 amide bonds. The highest BCUT2D eigenvalue weighted by atomic mass is 16.5. The first-order valence-electron chi connectivity index (χ1n) is 8.02. The van der Waals surface area contributed by atoms with Crippen LogP contribution in [0, 0.1) is 5.92 Å². The van der Waals surface area contributed by atoms with Crippen molar-refractivity contribution in [3.63, 3.8) is 0 Å². The van der Waals surface area contributed by atoms with Crippen molar-refractivity contribution in [2.75, 3.05) is 13.2 Å². The summed E-state index contributed by atoms with van der Waals surface area (Å²) in [5, 5.41) is 5.92. The number of rotatable bonds is 4. The van der Waals surface area contributed by atoms with Gasteiger partial charge in [0.2, 0.25) is 0 Å². The number of urea groups is 1. The molecule has 0 fully saturated rings. The Hall–Kier alpha value is -2.49. The van der Waals surface area contributed by atoms with Crippen LogP contribution < -0.4 is 15.4 Å². The van der Waals surface area contributed by atoms with E-state index in [1.165, 1.54) is 5.56 Å². The van der Waals surface area contributed by atoms with Gasteiger partial charge in [-0.25, -0.2) is 4.79 Å². The van der Waals surface area contributed by atoms with E-state index in [1.54, 1.807) is 0 Å². The van der Waals surface area contributed by atoms with Crippen LogP contribution in [0.4, 0.5) is 4.79 Å². The summed E-state index contributed by atoms with van der Waals surface area (Å²) in [4.78, 5) is 12.1. The second kappa shape index (κ2) is 7.18. The molecule has 0 saturated carbocycles. The van der Waals surface area contributed by atoms with E-state index in [0.29, 0.717) is 19.1 Å². The standard InChI is InChI=1S/C19H22N2O2/c1-14(16-7-3-2-4-8-16)21-19(22)20-12-15-11-17-9-5-6-10-18(17)23-13-15/h2-10,14-15H,11-13H2,1H3,(H2,20,21,22). The number of benzene rings is 2. The highest BCUT2D eigenvalue weighted by Crippen LogP contribution is 2.26. The molecule has 1 aliphatic heterocycles. The van der Waals surface area contributed by atoms with E-state index in [4.69, 9.17) is 4.74 Å². The number of hydrogen-bond donors (Lipinski definition) is 2. The number of hydrogen-bond acceptors (Lipinski definition) is 2. The van der Waals surface area contributed by atoms with E-state index in [1.807, 2.05) is 55.5 Å². The molecule has 1 aliphatic rings. The van der Waals surface area contributed by atoms with E-state index in [9.17, 15) is 4.79 Å². The summed E-state index contributed by atoms with van der Waals surface area (Å²) < 4.78 is 5.75. The molecule has 0 aliphatic carbocycles. The maximum absolute atomic E-state index is 12.1. The summed E-state index contributed by atoms with van der Waals surface area (Å²) >= 11 is 0. The molecule has 4 heteroatoms. The fraction of sp³-hybridized carbons (Fsp3) is 0.316. The number of carbonyl (C=O) groups excluding carboxylic acids is 1. The Morgan fingerprint density at radius 2 is 1.91 bits per heavy atom. The third-order valence-corrected chi connectivity index (χ3v) is 4.15. The van der Waals surface area contributed by atoms with Gasteiger partial charge in [-0.1, -0.05) is 48.5 Å². The van der Waals surface area contributed by atoms with Crippen molar-refractivity contribution in [1.29, 1.82) is 0 Å². The average Bonchev–Trinajstić information content (AvgIpc) is 2.60. The molecule has 2 aromatic carbocycles. The topological polar surface area (TPSA) is 50.4 Å². The van der Waals surface area contributed by atoms with E-state index in [0.717, 1.165) is 17.7 Å². The zero-order chi connectivity index (χ0) is 16.1. The van der Waals surface area contributed by atoms with Crippen LogP contribution in [0.15, 0.2) is 54.6 Å². The minimum Gasteiger partial charge on any atom is -0.493 e. The molecule has 0 saturated heterocycles. The lowest BCUT2D eigenvalue weighted by atomic mass is 9.97. The van der Waals surface area contributed by atoms with Crippen LogP contribution in [0.3, 0.4) is 0 Å². The molecular formula is C19H22N2O2. The average molecular weight is 310 g/mol. The fourth-order valence-corrected chi connectivity index (χ4v) is 2.83. The molecule has 2 atom stereocenters. The molecular weight excluding hydrogens is 288 g/mol. The van der Waals surface area contributed by atoms with Crippen molar-refractivity contribution in [3.05, 3.63) is 65.7 Å². The molecule has 0 aromatic heterocycles. The van der Waals surface area contributed by atoms with Crippen LogP contribution in [-0.2, 0) is 6.42 Å². The first kappa shape index (κ1) is 15.4. The Morgan fingerprint density at radius 3 is 2.74 bits per heavy atom. The first-order chi connectivity index (χ1) is 11.2. The van der Waals surface area contributed by atoms with E-state index in [2.05, 4.69) is 16.7 Å². The number of nitrogens with one attached hydrogen (secondary N) is 2. The van der Waals surface area contributed by atoms with Gasteiger partial charge in [-0.3, -0.25) is 0 Å². The van der Waals surface area contributed by atoms with Crippen molar-refractivity contribution in [3.8, 4) is 5.75 Å². The van der Waals surface area contributed by atoms with Crippen LogP contribution >= 0.6 is 0 Å². The van der Waals surface area contributed by atoms with Gasteiger partial charge in [0.25, 0.3) is 0 Å². The molecule has 2 aromatic rings. The van der Waals surface area contributed by atoms with E-state index in [-0.39, 0.29) is 12.1 Å². The van der Waals surface area contributed by atoms with Gasteiger partial charge in [0.05, 0.1) is 12.6 Å². The molecule has 1 heterocycles. The second-order valence-corrected chi connectivity index (χ2v) is 5.98. The van der Waals surface area contributed by atoms with Crippen molar-refractivity contribution in [2.24, 2.45) is 5.92 Å². The highest BCUT2D eigenvalue weighted by molar-refractivity contribution is 5.74. The van der Waals surface area contributed by atoms with E-state index < -0.39 is 0 Å². The van der Waals surface area contributed by atoms with Gasteiger partial charge in [0.15, 0.2) is 0 Å². The third-order valence-electron chi connectivity index (χ3n) is 4.15. The Bertz CT molecular complexity index is 657. The molecule has 0 radical (unpaired) electrons. The number of amides is 2. The van der Waals surface area contributed by atoms with E-state index >= 15 is 0 Å². The molecule has 4 nitrogen and oxygen atoms in total. The van der Waals surface area contributed by atoms with Gasteiger partial charge in [0.1, 0.15) is 5.75 Å². The highest BCUT2D eigenvalue weighted by Gasteiger charge is 2.20. The maximum Gasteiger partial charge on any atom is 0.315 e. The monoisotopic (exact) mass is 310 g/mol. The summed E-state index contributed by atoms with van der Waals surface area (Å²) in [6.07, 6.45) is 0.935. The van der Waals surface area contributed by atoms with Gasteiger partial charge in [-0.2, -0.15) is 0 Å². The fourth-order valence-electron chi connectivity index (χ4n) is 2.83. The lowest BCUT2D eigenvalue weighted by Crippen LogP contribution is -2.41. The molecule has 0 bridgehead atoms. The van der Waals surface area contributed by atoms with Crippen LogP contribution in [0.25, 0.3) is 0 Å². The first-order valence-corrected chi connectivity index (χ1v) is 8.02. The van der Waals surface area contributed by atoms with Crippen LogP contribution in [0.1, 0.15) is 24.1 Å². The quantitative estimate of drug-likeness (QED) is 0.910. The number of fused-ring (bicyclic) bond motifs is 1. The molecule has 0 spiro atoms. The lowest BCUT2D eigenvalue weighted by molar-refractivity contribution is 0.210. The van der Waals surface area contributed by atoms with Crippen molar-refractivity contribution < 1.29 is 9.53 Å². The number of para-hydroxylation sites is 1. The Labute approximate surface area is 136 Å². The summed E-state index contributed by atoms with van der Waals surface area (Å²) in [6.45, 7) is 3.24. The second-order valence-electron chi connectivity index (χ2n) is 5.98. The molecule has 3 rings (SSSR count). The lowest BCUT2D eigenvalue weighted by Gasteiger charge is -2.25. The largest absolute Gasteiger partial charge is 0.493 e. The summed E-state index contributed by atoms with van der Waals surface area (Å²) in [6, 6.07) is 17.9. The summed E-state index contributed by atoms with van der Waals surface area (Å²) in [5.41, 5.74) is 2.31. The summed E-state index contributed by atoms with van der Waals surface area (Å²) in [7, 11) is 0. The van der Waals surface area contributed by atoms with Gasteiger partial charge in [0, 0.05) is 12.5 Å². The van der Waals surface area contributed by atoms with Crippen LogP contribution in [0.2, 0.25) is 0 Å². The number of carbonyl (C=O) groups is 1. The molecule has 2 N–H and O–H groups in total. The molecule has 23 heavy (non-hydrogen) atoms. The van der Waals surface area contributed by atoms with Gasteiger partial charge in [-0.05, 0) is 30.5 Å². The van der Waals surface area contributed by atoms with Crippen LogP contribution in [0.5, 0.6) is 5.75 Å². The maximum atomic E-state index is 12.1. The van der Waals surface area contributed by atoms with Gasteiger partial charge >= 0.3 is 6.03 Å². The van der Waals surface area contributed by atoms with Gasteiger partial charge < -0.3 is 15.4 Å². The predicted molar refractivity (Wildman–Crippen MR) is 90.5 cm³/mol. The Balaban J connectivity index is 1.47. The third kappa shape index (κ3) is 4.03. The smallest absolute Gasteiger partial charge is 0.315 e. The zero-order valence-electron chi connectivity index (χ0n) is 13.3.